The zero-order chi connectivity index (χ0) is 21.2. The molecule has 2 aromatic carbocycles. The Morgan fingerprint density at radius 2 is 1.76 bits per heavy atom. The van der Waals surface area contributed by atoms with Crippen molar-refractivity contribution in [2.24, 2.45) is 7.05 Å². The number of carbonyl (C=O) groups is 1. The van der Waals surface area contributed by atoms with Gasteiger partial charge in [0.05, 0.1) is 12.8 Å². The summed E-state index contributed by atoms with van der Waals surface area (Å²) >= 11 is 0. The number of rotatable bonds is 6. The van der Waals surface area contributed by atoms with Gasteiger partial charge in [0.1, 0.15) is 16.5 Å². The molecule has 2 N–H and O–H groups in total. The average molecular weight is 414 g/mol. The first-order chi connectivity index (χ1) is 13.7. The van der Waals surface area contributed by atoms with E-state index in [0.29, 0.717) is 11.5 Å². The molecular weight excluding hydrogens is 392 g/mol. The van der Waals surface area contributed by atoms with Crippen LogP contribution in [0.4, 0.5) is 11.5 Å². The first kappa shape index (κ1) is 20.4. The predicted octanol–water partition coefficient (Wildman–Crippen LogP) is 3.10. The van der Waals surface area contributed by atoms with Crippen molar-refractivity contribution in [3.8, 4) is 5.75 Å². The van der Waals surface area contributed by atoms with E-state index in [1.807, 2.05) is 13.8 Å². The number of hydrogen-bond acceptors (Lipinski definition) is 5. The molecule has 29 heavy (non-hydrogen) atoms. The summed E-state index contributed by atoms with van der Waals surface area (Å²) in [7, 11) is -0.895. The van der Waals surface area contributed by atoms with E-state index in [1.165, 1.54) is 30.0 Å². The second-order valence-corrected chi connectivity index (χ2v) is 8.24. The molecule has 3 aromatic rings. The Kier molecular flexibility index (Phi) is 5.60. The van der Waals surface area contributed by atoms with Gasteiger partial charge in [0.15, 0.2) is 0 Å². The van der Waals surface area contributed by atoms with Crippen LogP contribution in [0.25, 0.3) is 0 Å². The highest BCUT2D eigenvalue weighted by Gasteiger charge is 2.22. The van der Waals surface area contributed by atoms with Gasteiger partial charge in [-0.2, -0.15) is 5.10 Å². The van der Waals surface area contributed by atoms with Crippen molar-refractivity contribution in [3.63, 3.8) is 0 Å². The highest BCUT2D eigenvalue weighted by molar-refractivity contribution is 7.92. The number of aryl methyl sites for hydroxylation is 3. The summed E-state index contributed by atoms with van der Waals surface area (Å²) in [5, 5.41) is 6.90. The molecule has 1 aromatic heterocycles. The van der Waals surface area contributed by atoms with E-state index in [-0.39, 0.29) is 16.2 Å². The van der Waals surface area contributed by atoms with E-state index >= 15 is 0 Å². The van der Waals surface area contributed by atoms with Gasteiger partial charge in [-0.05, 0) is 44.2 Å². The molecule has 0 aliphatic carbocycles. The first-order valence-electron chi connectivity index (χ1n) is 8.79. The normalized spacial score (nSPS) is 11.2. The summed E-state index contributed by atoms with van der Waals surface area (Å²) in [6.45, 7) is 3.72. The van der Waals surface area contributed by atoms with Crippen molar-refractivity contribution in [2.45, 2.75) is 18.7 Å². The average Bonchev–Trinajstić information content (AvgIpc) is 2.99. The third-order valence-electron chi connectivity index (χ3n) is 4.26. The summed E-state index contributed by atoms with van der Waals surface area (Å²) < 4.78 is 35.1. The molecule has 0 atom stereocenters. The molecule has 8 nitrogen and oxygen atoms in total. The highest BCUT2D eigenvalue weighted by Crippen LogP contribution is 2.27. The van der Waals surface area contributed by atoms with E-state index in [4.69, 9.17) is 4.74 Å². The minimum absolute atomic E-state index is 0.130. The number of sulfonamides is 1. The number of aromatic nitrogens is 2. The van der Waals surface area contributed by atoms with Crippen LogP contribution in [0.2, 0.25) is 0 Å². The zero-order valence-corrected chi connectivity index (χ0v) is 17.4. The molecule has 3 rings (SSSR count). The Morgan fingerprint density at radius 1 is 1.07 bits per heavy atom. The summed E-state index contributed by atoms with van der Waals surface area (Å²) in [5.41, 5.74) is 2.35. The lowest BCUT2D eigenvalue weighted by molar-refractivity contribution is 0.102. The van der Waals surface area contributed by atoms with Crippen molar-refractivity contribution in [1.29, 1.82) is 0 Å². The van der Waals surface area contributed by atoms with Crippen molar-refractivity contribution in [3.05, 3.63) is 65.4 Å². The highest BCUT2D eigenvalue weighted by atomic mass is 32.2. The Bertz CT molecular complexity index is 1150. The number of carbonyl (C=O) groups excluding carboxylic acids is 1. The monoisotopic (exact) mass is 414 g/mol. The van der Waals surface area contributed by atoms with Crippen molar-refractivity contribution in [2.75, 3.05) is 17.1 Å². The van der Waals surface area contributed by atoms with E-state index in [2.05, 4.69) is 15.1 Å². The second kappa shape index (κ2) is 7.96. The standard InChI is InChI=1S/C20H22N4O4S/c1-13-5-8-16(9-6-13)23-29(26,27)18-12-15(7-10-17(18)28-4)20(25)21-19-11-14(2)22-24(19)3/h5-12,23H,1-4H3,(H,21,25). The third kappa shape index (κ3) is 4.57. The third-order valence-corrected chi connectivity index (χ3v) is 5.67. The van der Waals surface area contributed by atoms with Crippen LogP contribution in [-0.4, -0.2) is 31.2 Å². The Labute approximate surface area is 169 Å². The lowest BCUT2D eigenvalue weighted by Crippen LogP contribution is -2.18. The molecule has 0 fully saturated rings. The zero-order valence-electron chi connectivity index (χ0n) is 16.6. The summed E-state index contributed by atoms with van der Waals surface area (Å²) in [5.74, 6) is 0.186. The number of nitrogens with one attached hydrogen (secondary N) is 2. The van der Waals surface area contributed by atoms with E-state index in [9.17, 15) is 13.2 Å². The van der Waals surface area contributed by atoms with Crippen molar-refractivity contribution >= 4 is 27.4 Å². The second-order valence-electron chi connectivity index (χ2n) is 6.59. The summed E-state index contributed by atoms with van der Waals surface area (Å²) in [4.78, 5) is 12.5. The molecular formula is C20H22N4O4S. The van der Waals surface area contributed by atoms with Crippen molar-refractivity contribution < 1.29 is 17.9 Å². The van der Waals surface area contributed by atoms with E-state index in [0.717, 1.165) is 11.3 Å². The lowest BCUT2D eigenvalue weighted by Gasteiger charge is -2.13. The molecule has 0 aliphatic rings. The summed E-state index contributed by atoms with van der Waals surface area (Å²) in [6, 6.07) is 12.9. The van der Waals surface area contributed by atoms with Gasteiger partial charge >= 0.3 is 0 Å². The largest absolute Gasteiger partial charge is 0.495 e. The smallest absolute Gasteiger partial charge is 0.265 e. The minimum atomic E-state index is -3.97. The fourth-order valence-electron chi connectivity index (χ4n) is 2.78. The molecule has 1 amide bonds. The number of hydrogen-bond donors (Lipinski definition) is 2. The topological polar surface area (TPSA) is 102 Å². The minimum Gasteiger partial charge on any atom is -0.495 e. The van der Waals surface area contributed by atoms with Crippen molar-refractivity contribution in [1.82, 2.24) is 9.78 Å². The maximum absolute atomic E-state index is 12.9. The number of methoxy groups -OCH3 is 1. The number of ether oxygens (including phenoxy) is 1. The molecule has 9 heteroatoms. The van der Waals surface area contributed by atoms with Gasteiger partial charge in [-0.1, -0.05) is 17.7 Å². The van der Waals surface area contributed by atoms with Crippen LogP contribution in [0.15, 0.2) is 53.4 Å². The molecule has 0 radical (unpaired) electrons. The van der Waals surface area contributed by atoms with Crippen LogP contribution in [0.5, 0.6) is 5.75 Å². The SMILES string of the molecule is COc1ccc(C(=O)Nc2cc(C)nn2C)cc1S(=O)(=O)Nc1ccc(C)cc1. The Balaban J connectivity index is 1.92. The fraction of sp³-hybridized carbons (Fsp3) is 0.200. The maximum Gasteiger partial charge on any atom is 0.265 e. The van der Waals surface area contributed by atoms with Gasteiger partial charge in [-0.25, -0.2) is 8.42 Å². The molecule has 0 saturated heterocycles. The van der Waals surface area contributed by atoms with E-state index < -0.39 is 15.9 Å². The van der Waals surface area contributed by atoms with Crippen LogP contribution >= 0.6 is 0 Å². The fourth-order valence-corrected chi connectivity index (χ4v) is 4.03. The van der Waals surface area contributed by atoms with Crippen LogP contribution in [0, 0.1) is 13.8 Å². The predicted molar refractivity (Wildman–Crippen MR) is 111 cm³/mol. The van der Waals surface area contributed by atoms with E-state index in [1.54, 1.807) is 37.4 Å². The molecule has 0 spiro atoms. The van der Waals surface area contributed by atoms with Crippen LogP contribution in [-0.2, 0) is 17.1 Å². The van der Waals surface area contributed by atoms with Crippen LogP contribution < -0.4 is 14.8 Å². The molecule has 1 heterocycles. The van der Waals surface area contributed by atoms with Crippen LogP contribution in [0.1, 0.15) is 21.6 Å². The number of amides is 1. The van der Waals surface area contributed by atoms with Gasteiger partial charge in [-0.15, -0.1) is 0 Å². The number of nitrogens with zero attached hydrogens (tertiary/aromatic N) is 2. The lowest BCUT2D eigenvalue weighted by atomic mass is 10.2. The van der Waals surface area contributed by atoms with Crippen LogP contribution in [0.3, 0.4) is 0 Å². The Hall–Kier alpha value is -3.33. The Morgan fingerprint density at radius 3 is 2.34 bits per heavy atom. The molecule has 0 saturated carbocycles. The number of benzene rings is 2. The number of anilines is 2. The van der Waals surface area contributed by atoms with Gasteiger partial charge in [0.2, 0.25) is 0 Å². The van der Waals surface area contributed by atoms with Gasteiger partial charge in [-0.3, -0.25) is 14.2 Å². The maximum atomic E-state index is 12.9. The molecule has 0 aliphatic heterocycles. The molecule has 152 valence electrons. The first-order valence-corrected chi connectivity index (χ1v) is 10.3. The quantitative estimate of drug-likeness (QED) is 0.645. The van der Waals surface area contributed by atoms with Gasteiger partial charge < -0.3 is 10.1 Å². The van der Waals surface area contributed by atoms with Gasteiger partial charge in [0, 0.05) is 24.4 Å². The molecule has 0 unspecified atom stereocenters. The van der Waals surface area contributed by atoms with Gasteiger partial charge in [0.25, 0.3) is 15.9 Å². The summed E-state index contributed by atoms with van der Waals surface area (Å²) in [6.07, 6.45) is 0. The molecule has 0 bridgehead atoms.